The average Bonchev–Trinajstić information content (AvgIpc) is 2.65. The Hall–Kier alpha value is -1.43. The van der Waals surface area contributed by atoms with E-state index in [-0.39, 0.29) is 5.91 Å². The summed E-state index contributed by atoms with van der Waals surface area (Å²) < 4.78 is 1.82. The van der Waals surface area contributed by atoms with Crippen molar-refractivity contribution in [2.75, 3.05) is 13.1 Å². The lowest BCUT2D eigenvalue weighted by Crippen LogP contribution is -2.34. The molecule has 16 heavy (non-hydrogen) atoms. The van der Waals surface area contributed by atoms with Gasteiger partial charge in [-0.15, -0.1) is 10.2 Å². The molecule has 90 valence electrons. The fourth-order valence-electron chi connectivity index (χ4n) is 1.22. The third-order valence-corrected chi connectivity index (χ3v) is 2.23. The Kier molecular flexibility index (Phi) is 5.49. The Bertz CT molecular complexity index is 323. The van der Waals surface area contributed by atoms with Gasteiger partial charge >= 0.3 is 0 Å². The highest BCUT2D eigenvalue weighted by Gasteiger charge is 2.02. The standard InChI is InChI=1S/C10H19N5O/c1-3-4-5-12-10(16)7-11-6-9-14-13-8-15(9)2/h8,11H,3-7H2,1-2H3,(H,12,16). The van der Waals surface area contributed by atoms with Gasteiger partial charge in [0.2, 0.25) is 5.91 Å². The highest BCUT2D eigenvalue weighted by atomic mass is 16.1. The minimum atomic E-state index is 0.0237. The smallest absolute Gasteiger partial charge is 0.233 e. The van der Waals surface area contributed by atoms with Gasteiger partial charge in [0.25, 0.3) is 0 Å². The number of hydrogen-bond acceptors (Lipinski definition) is 4. The van der Waals surface area contributed by atoms with Gasteiger partial charge in [-0.05, 0) is 6.42 Å². The van der Waals surface area contributed by atoms with Crippen molar-refractivity contribution in [3.63, 3.8) is 0 Å². The SMILES string of the molecule is CCCCNC(=O)CNCc1nncn1C. The zero-order valence-electron chi connectivity index (χ0n) is 9.86. The van der Waals surface area contributed by atoms with E-state index in [4.69, 9.17) is 0 Å². The summed E-state index contributed by atoms with van der Waals surface area (Å²) >= 11 is 0. The molecule has 0 aliphatic rings. The first-order valence-corrected chi connectivity index (χ1v) is 5.54. The molecule has 0 spiro atoms. The highest BCUT2D eigenvalue weighted by Crippen LogP contribution is 1.89. The summed E-state index contributed by atoms with van der Waals surface area (Å²) in [7, 11) is 1.87. The van der Waals surface area contributed by atoms with Crippen LogP contribution in [-0.4, -0.2) is 33.8 Å². The minimum Gasteiger partial charge on any atom is -0.355 e. The number of carbonyl (C=O) groups excluding carboxylic acids is 1. The predicted molar refractivity (Wildman–Crippen MR) is 60.6 cm³/mol. The average molecular weight is 225 g/mol. The van der Waals surface area contributed by atoms with Crippen LogP contribution in [0.2, 0.25) is 0 Å². The van der Waals surface area contributed by atoms with Crippen molar-refractivity contribution in [2.45, 2.75) is 26.3 Å². The molecule has 0 bridgehead atoms. The van der Waals surface area contributed by atoms with Crippen molar-refractivity contribution in [3.05, 3.63) is 12.2 Å². The van der Waals surface area contributed by atoms with Crippen molar-refractivity contribution in [1.29, 1.82) is 0 Å². The maximum atomic E-state index is 11.3. The van der Waals surface area contributed by atoms with Crippen LogP contribution < -0.4 is 10.6 Å². The van der Waals surface area contributed by atoms with Crippen LogP contribution in [0.5, 0.6) is 0 Å². The number of aromatic nitrogens is 3. The van der Waals surface area contributed by atoms with Crippen LogP contribution in [0.3, 0.4) is 0 Å². The minimum absolute atomic E-state index is 0.0237. The van der Waals surface area contributed by atoms with E-state index in [1.54, 1.807) is 6.33 Å². The molecule has 0 saturated heterocycles. The normalized spacial score (nSPS) is 10.4. The third kappa shape index (κ3) is 4.39. The molecule has 0 atom stereocenters. The second-order valence-corrected chi connectivity index (χ2v) is 3.67. The molecule has 0 aliphatic heterocycles. The Morgan fingerprint density at radius 1 is 1.56 bits per heavy atom. The maximum absolute atomic E-state index is 11.3. The van der Waals surface area contributed by atoms with Crippen LogP contribution in [0, 0.1) is 0 Å². The molecule has 1 rings (SSSR count). The number of amides is 1. The molecular weight excluding hydrogens is 206 g/mol. The number of unbranched alkanes of at least 4 members (excludes halogenated alkanes) is 1. The van der Waals surface area contributed by atoms with E-state index < -0.39 is 0 Å². The van der Waals surface area contributed by atoms with Gasteiger partial charge in [-0.3, -0.25) is 4.79 Å². The van der Waals surface area contributed by atoms with Gasteiger partial charge in [-0.25, -0.2) is 0 Å². The van der Waals surface area contributed by atoms with Gasteiger partial charge in [0.15, 0.2) is 0 Å². The second-order valence-electron chi connectivity index (χ2n) is 3.67. The summed E-state index contributed by atoms with van der Waals surface area (Å²) in [6, 6.07) is 0. The Morgan fingerprint density at radius 2 is 2.38 bits per heavy atom. The number of rotatable bonds is 7. The highest BCUT2D eigenvalue weighted by molar-refractivity contribution is 5.77. The van der Waals surface area contributed by atoms with E-state index >= 15 is 0 Å². The first kappa shape index (κ1) is 12.6. The maximum Gasteiger partial charge on any atom is 0.233 e. The largest absolute Gasteiger partial charge is 0.355 e. The van der Waals surface area contributed by atoms with E-state index in [0.717, 1.165) is 25.2 Å². The molecule has 0 radical (unpaired) electrons. The summed E-state index contributed by atoms with van der Waals surface area (Å²) in [5.41, 5.74) is 0. The summed E-state index contributed by atoms with van der Waals surface area (Å²) in [4.78, 5) is 11.3. The molecule has 1 heterocycles. The summed E-state index contributed by atoms with van der Waals surface area (Å²) in [6.07, 6.45) is 3.75. The lowest BCUT2D eigenvalue weighted by Gasteiger charge is -2.05. The van der Waals surface area contributed by atoms with Crippen LogP contribution in [0.4, 0.5) is 0 Å². The molecule has 0 aliphatic carbocycles. The van der Waals surface area contributed by atoms with Crippen LogP contribution >= 0.6 is 0 Å². The van der Waals surface area contributed by atoms with Gasteiger partial charge in [0, 0.05) is 13.6 Å². The first-order valence-electron chi connectivity index (χ1n) is 5.54. The van der Waals surface area contributed by atoms with Crippen molar-refractivity contribution < 1.29 is 4.79 Å². The number of carbonyl (C=O) groups is 1. The molecule has 1 aromatic heterocycles. The summed E-state index contributed by atoms with van der Waals surface area (Å²) in [6.45, 7) is 3.72. The fraction of sp³-hybridized carbons (Fsp3) is 0.700. The molecule has 6 nitrogen and oxygen atoms in total. The third-order valence-electron chi connectivity index (χ3n) is 2.23. The molecule has 1 amide bonds. The lowest BCUT2D eigenvalue weighted by molar-refractivity contribution is -0.120. The molecule has 6 heteroatoms. The Morgan fingerprint density at radius 3 is 3.00 bits per heavy atom. The molecule has 1 aromatic rings. The number of nitrogens with one attached hydrogen (secondary N) is 2. The quantitative estimate of drug-likeness (QED) is 0.632. The van der Waals surface area contributed by atoms with Gasteiger partial charge in [-0.1, -0.05) is 13.3 Å². The van der Waals surface area contributed by atoms with Crippen LogP contribution in [-0.2, 0) is 18.4 Å². The van der Waals surface area contributed by atoms with Crippen molar-refractivity contribution in [1.82, 2.24) is 25.4 Å². The number of hydrogen-bond donors (Lipinski definition) is 2. The summed E-state index contributed by atoms with van der Waals surface area (Å²) in [5, 5.41) is 13.5. The molecule has 0 unspecified atom stereocenters. The molecule has 0 aromatic carbocycles. The van der Waals surface area contributed by atoms with E-state index in [1.807, 2.05) is 11.6 Å². The molecular formula is C10H19N5O. The first-order chi connectivity index (χ1) is 7.74. The predicted octanol–water partition coefficient (Wildman–Crippen LogP) is -0.179. The fourth-order valence-corrected chi connectivity index (χ4v) is 1.22. The molecule has 0 saturated carbocycles. The van der Waals surface area contributed by atoms with E-state index in [0.29, 0.717) is 13.1 Å². The zero-order chi connectivity index (χ0) is 11.8. The number of aryl methyl sites for hydroxylation is 1. The Labute approximate surface area is 95.4 Å². The van der Waals surface area contributed by atoms with Crippen molar-refractivity contribution >= 4 is 5.91 Å². The van der Waals surface area contributed by atoms with Crippen LogP contribution in [0.15, 0.2) is 6.33 Å². The van der Waals surface area contributed by atoms with Crippen LogP contribution in [0.25, 0.3) is 0 Å². The van der Waals surface area contributed by atoms with E-state index in [9.17, 15) is 4.79 Å². The van der Waals surface area contributed by atoms with Crippen molar-refractivity contribution in [2.24, 2.45) is 7.05 Å². The van der Waals surface area contributed by atoms with Gasteiger partial charge < -0.3 is 15.2 Å². The van der Waals surface area contributed by atoms with Gasteiger partial charge in [0.1, 0.15) is 12.2 Å². The zero-order valence-corrected chi connectivity index (χ0v) is 9.86. The Balaban J connectivity index is 2.11. The van der Waals surface area contributed by atoms with Gasteiger partial charge in [-0.2, -0.15) is 0 Å². The van der Waals surface area contributed by atoms with Gasteiger partial charge in [0.05, 0.1) is 13.1 Å². The van der Waals surface area contributed by atoms with E-state index in [1.165, 1.54) is 0 Å². The van der Waals surface area contributed by atoms with E-state index in [2.05, 4.69) is 27.8 Å². The topological polar surface area (TPSA) is 71.8 Å². The van der Waals surface area contributed by atoms with Crippen molar-refractivity contribution in [3.8, 4) is 0 Å². The summed E-state index contributed by atoms with van der Waals surface area (Å²) in [5.74, 6) is 0.844. The second kappa shape index (κ2) is 6.95. The monoisotopic (exact) mass is 225 g/mol. The number of nitrogens with zero attached hydrogens (tertiary/aromatic N) is 3. The molecule has 0 fully saturated rings. The molecule has 2 N–H and O–H groups in total. The lowest BCUT2D eigenvalue weighted by atomic mass is 10.3. The van der Waals surface area contributed by atoms with Crippen LogP contribution in [0.1, 0.15) is 25.6 Å².